The molecule has 0 spiro atoms. The van der Waals surface area contributed by atoms with Crippen LogP contribution in [0.4, 0.5) is 0 Å². The molecule has 1 atom stereocenters. The van der Waals surface area contributed by atoms with E-state index in [0.717, 1.165) is 24.2 Å². The average Bonchev–Trinajstić information content (AvgIpc) is 2.58. The first-order valence-electron chi connectivity index (χ1n) is 7.77. The molecule has 2 heterocycles. The minimum absolute atomic E-state index is 0.0794. The Balaban J connectivity index is 1.87. The third kappa shape index (κ3) is 3.71. The summed E-state index contributed by atoms with van der Waals surface area (Å²) in [6.07, 6.45) is 5.00. The molecule has 23 heavy (non-hydrogen) atoms. The number of piperidine rings is 1. The molecular weight excluding hydrogens is 312 g/mol. The van der Waals surface area contributed by atoms with Crippen molar-refractivity contribution in [1.29, 1.82) is 0 Å². The van der Waals surface area contributed by atoms with Crippen molar-refractivity contribution in [2.45, 2.75) is 18.9 Å². The Hall–Kier alpha value is -1.91. The summed E-state index contributed by atoms with van der Waals surface area (Å²) in [7, 11) is 0. The van der Waals surface area contributed by atoms with Gasteiger partial charge in [0.1, 0.15) is 0 Å². The van der Waals surface area contributed by atoms with Crippen LogP contribution < -0.4 is 0 Å². The van der Waals surface area contributed by atoms with Gasteiger partial charge in [-0.3, -0.25) is 14.7 Å². The molecule has 1 aromatic carbocycles. The van der Waals surface area contributed by atoms with Gasteiger partial charge >= 0.3 is 5.97 Å². The van der Waals surface area contributed by atoms with E-state index in [1.54, 1.807) is 6.20 Å². The summed E-state index contributed by atoms with van der Waals surface area (Å²) in [6.45, 7) is 1.53. The van der Waals surface area contributed by atoms with Crippen LogP contribution in [0, 0.1) is 5.92 Å². The van der Waals surface area contributed by atoms with Crippen LogP contribution in [0.2, 0.25) is 5.02 Å². The lowest BCUT2D eigenvalue weighted by molar-refractivity contribution is -0.143. The van der Waals surface area contributed by atoms with Gasteiger partial charge in [-0.1, -0.05) is 29.8 Å². The minimum atomic E-state index is -0.686. The van der Waals surface area contributed by atoms with Crippen LogP contribution in [0.25, 0.3) is 0 Å². The fourth-order valence-corrected chi connectivity index (χ4v) is 3.33. The van der Waals surface area contributed by atoms with E-state index in [1.807, 2.05) is 36.5 Å². The van der Waals surface area contributed by atoms with Gasteiger partial charge in [-0.05, 0) is 55.3 Å². The lowest BCUT2D eigenvalue weighted by Gasteiger charge is -2.37. The Kier molecular flexibility index (Phi) is 4.94. The monoisotopic (exact) mass is 330 g/mol. The highest BCUT2D eigenvalue weighted by molar-refractivity contribution is 6.30. The number of carbonyl (C=O) groups is 1. The first-order chi connectivity index (χ1) is 11.1. The smallest absolute Gasteiger partial charge is 0.306 e. The molecule has 0 saturated carbocycles. The van der Waals surface area contributed by atoms with E-state index in [2.05, 4.69) is 16.0 Å². The van der Waals surface area contributed by atoms with Crippen LogP contribution in [-0.4, -0.2) is 34.0 Å². The van der Waals surface area contributed by atoms with E-state index >= 15 is 0 Å². The van der Waals surface area contributed by atoms with Gasteiger partial charge in [0, 0.05) is 17.4 Å². The topological polar surface area (TPSA) is 53.4 Å². The molecule has 3 rings (SSSR count). The third-order valence-corrected chi connectivity index (χ3v) is 4.68. The zero-order valence-corrected chi connectivity index (χ0v) is 13.5. The summed E-state index contributed by atoms with van der Waals surface area (Å²) in [6, 6.07) is 11.9. The van der Waals surface area contributed by atoms with Gasteiger partial charge in [0.25, 0.3) is 0 Å². The maximum absolute atomic E-state index is 11.2. The number of carboxylic acid groups (broad SMARTS) is 1. The summed E-state index contributed by atoms with van der Waals surface area (Å²) >= 11 is 6.01. The van der Waals surface area contributed by atoms with Gasteiger partial charge in [0.15, 0.2) is 0 Å². The predicted molar refractivity (Wildman–Crippen MR) is 89.5 cm³/mol. The van der Waals surface area contributed by atoms with Gasteiger partial charge in [0.05, 0.1) is 12.0 Å². The quantitative estimate of drug-likeness (QED) is 0.930. The fraction of sp³-hybridized carbons (Fsp3) is 0.333. The SMILES string of the molecule is O=C(O)C1CCN(C(c2ccc(Cl)cc2)c2cccnc2)CC1. The molecule has 2 aromatic rings. The highest BCUT2D eigenvalue weighted by Crippen LogP contribution is 2.32. The third-order valence-electron chi connectivity index (χ3n) is 4.43. The Labute approximate surface area is 140 Å². The van der Waals surface area contributed by atoms with Gasteiger partial charge in [0.2, 0.25) is 0 Å². The average molecular weight is 331 g/mol. The van der Waals surface area contributed by atoms with Crippen molar-refractivity contribution in [3.8, 4) is 0 Å². The van der Waals surface area contributed by atoms with Gasteiger partial charge in [-0.2, -0.15) is 0 Å². The largest absolute Gasteiger partial charge is 0.481 e. The van der Waals surface area contributed by atoms with Crippen molar-refractivity contribution in [3.63, 3.8) is 0 Å². The second-order valence-electron chi connectivity index (χ2n) is 5.89. The van der Waals surface area contributed by atoms with Gasteiger partial charge in [-0.15, -0.1) is 0 Å². The molecule has 1 unspecified atom stereocenters. The molecule has 4 nitrogen and oxygen atoms in total. The zero-order chi connectivity index (χ0) is 16.2. The second kappa shape index (κ2) is 7.11. The van der Waals surface area contributed by atoms with E-state index < -0.39 is 5.97 Å². The molecule has 120 valence electrons. The summed E-state index contributed by atoms with van der Waals surface area (Å²) in [5.41, 5.74) is 2.26. The van der Waals surface area contributed by atoms with Crippen LogP contribution in [-0.2, 0) is 4.79 Å². The maximum atomic E-state index is 11.2. The van der Waals surface area contributed by atoms with Crippen LogP contribution in [0.15, 0.2) is 48.8 Å². The zero-order valence-electron chi connectivity index (χ0n) is 12.7. The van der Waals surface area contributed by atoms with E-state index in [1.165, 1.54) is 0 Å². The Morgan fingerprint density at radius 1 is 1.17 bits per heavy atom. The van der Waals surface area contributed by atoms with Gasteiger partial charge in [-0.25, -0.2) is 0 Å². The van der Waals surface area contributed by atoms with E-state index in [9.17, 15) is 9.90 Å². The number of aromatic nitrogens is 1. The van der Waals surface area contributed by atoms with Crippen molar-refractivity contribution in [2.75, 3.05) is 13.1 Å². The number of carboxylic acids is 1. The molecule has 0 bridgehead atoms. The number of hydrogen-bond acceptors (Lipinski definition) is 3. The summed E-state index contributed by atoms with van der Waals surface area (Å²) < 4.78 is 0. The van der Waals surface area contributed by atoms with Crippen molar-refractivity contribution in [3.05, 3.63) is 64.9 Å². The first kappa shape index (κ1) is 16.0. The number of rotatable bonds is 4. The van der Waals surface area contributed by atoms with Gasteiger partial charge < -0.3 is 5.11 Å². The number of hydrogen-bond donors (Lipinski definition) is 1. The summed E-state index contributed by atoms with van der Waals surface area (Å²) in [5, 5.41) is 9.90. The number of pyridine rings is 1. The van der Waals surface area contributed by atoms with Crippen LogP contribution >= 0.6 is 11.6 Å². The fourth-order valence-electron chi connectivity index (χ4n) is 3.20. The molecule has 0 amide bonds. The van der Waals surface area contributed by atoms with Crippen LogP contribution in [0.5, 0.6) is 0 Å². The number of likely N-dealkylation sites (tertiary alicyclic amines) is 1. The highest BCUT2D eigenvalue weighted by atomic mass is 35.5. The molecule has 1 aliphatic rings. The second-order valence-corrected chi connectivity index (χ2v) is 6.33. The predicted octanol–water partition coefficient (Wildman–Crippen LogP) is 3.62. The molecule has 1 aromatic heterocycles. The van der Waals surface area contributed by atoms with Crippen molar-refractivity contribution >= 4 is 17.6 Å². The van der Waals surface area contributed by atoms with E-state index in [-0.39, 0.29) is 12.0 Å². The van der Waals surface area contributed by atoms with Crippen molar-refractivity contribution < 1.29 is 9.90 Å². The molecular formula is C18H19ClN2O2. The Morgan fingerprint density at radius 2 is 1.87 bits per heavy atom. The molecule has 1 N–H and O–H groups in total. The lowest BCUT2D eigenvalue weighted by Crippen LogP contribution is -2.39. The molecule has 0 radical (unpaired) electrons. The van der Waals surface area contributed by atoms with E-state index in [0.29, 0.717) is 17.9 Å². The molecule has 1 fully saturated rings. The van der Waals surface area contributed by atoms with Crippen molar-refractivity contribution in [2.24, 2.45) is 5.92 Å². The summed E-state index contributed by atoms with van der Waals surface area (Å²) in [4.78, 5) is 17.7. The number of halogens is 1. The summed E-state index contributed by atoms with van der Waals surface area (Å²) in [5.74, 6) is -0.917. The molecule has 1 saturated heterocycles. The van der Waals surface area contributed by atoms with Crippen molar-refractivity contribution in [1.82, 2.24) is 9.88 Å². The maximum Gasteiger partial charge on any atom is 0.306 e. The van der Waals surface area contributed by atoms with Crippen LogP contribution in [0.1, 0.15) is 30.0 Å². The Bertz CT molecular complexity index is 652. The lowest BCUT2D eigenvalue weighted by atomic mass is 9.92. The Morgan fingerprint density at radius 3 is 2.43 bits per heavy atom. The first-order valence-corrected chi connectivity index (χ1v) is 8.15. The number of benzene rings is 1. The minimum Gasteiger partial charge on any atom is -0.481 e. The number of nitrogens with zero attached hydrogens (tertiary/aromatic N) is 2. The normalized spacial score (nSPS) is 17.8. The standard InChI is InChI=1S/C18H19ClN2O2/c19-16-5-3-13(4-6-16)17(15-2-1-9-20-12-15)21-10-7-14(8-11-21)18(22)23/h1-6,9,12,14,17H,7-8,10-11H2,(H,22,23). The number of aliphatic carboxylic acids is 1. The molecule has 5 heteroatoms. The van der Waals surface area contributed by atoms with Crippen LogP contribution in [0.3, 0.4) is 0 Å². The van der Waals surface area contributed by atoms with E-state index in [4.69, 9.17) is 11.6 Å². The molecule has 1 aliphatic heterocycles. The highest BCUT2D eigenvalue weighted by Gasteiger charge is 2.30. The molecule has 0 aliphatic carbocycles.